The van der Waals surface area contributed by atoms with Crippen LogP contribution in [-0.4, -0.2) is 16.0 Å². The van der Waals surface area contributed by atoms with Crippen LogP contribution in [0.1, 0.15) is 17.9 Å². The number of rotatable bonds is 6. The van der Waals surface area contributed by atoms with E-state index in [-0.39, 0.29) is 18.1 Å². The zero-order chi connectivity index (χ0) is 17.6. The van der Waals surface area contributed by atoms with Gasteiger partial charge < -0.3 is 9.84 Å². The van der Waals surface area contributed by atoms with Crippen molar-refractivity contribution in [2.75, 3.05) is 0 Å². The second-order valence-corrected chi connectivity index (χ2v) is 5.80. The Kier molecular flexibility index (Phi) is 5.40. The summed E-state index contributed by atoms with van der Waals surface area (Å²) in [5, 5.41) is 7.21. The van der Waals surface area contributed by atoms with Crippen molar-refractivity contribution in [3.63, 3.8) is 0 Å². The fourth-order valence-corrected chi connectivity index (χ4v) is 2.45. The number of hydrogen-bond acceptors (Lipinski definition) is 4. The average Bonchev–Trinajstić information content (AvgIpc) is 3.08. The summed E-state index contributed by atoms with van der Waals surface area (Å²) in [7, 11) is 0. The highest BCUT2D eigenvalue weighted by Crippen LogP contribution is 2.17. The standard InChI is InChI=1S/C18H15ClFN3O2/c19-15-7-2-1-4-13(15)11-21-16(24)8-9-17-22-18(23-25-17)12-5-3-6-14(20)10-12/h1-7,10H,8-9,11H2,(H,21,24). The van der Waals surface area contributed by atoms with Crippen LogP contribution in [0.2, 0.25) is 5.02 Å². The molecule has 2 aromatic carbocycles. The number of nitrogens with zero attached hydrogens (tertiary/aromatic N) is 2. The van der Waals surface area contributed by atoms with Gasteiger partial charge in [0.15, 0.2) is 0 Å². The van der Waals surface area contributed by atoms with Crippen LogP contribution in [0, 0.1) is 5.82 Å². The molecule has 0 spiro atoms. The molecule has 0 aliphatic carbocycles. The van der Waals surface area contributed by atoms with Crippen molar-refractivity contribution in [1.29, 1.82) is 0 Å². The van der Waals surface area contributed by atoms with Crippen LogP contribution in [0.5, 0.6) is 0 Å². The number of carbonyl (C=O) groups excluding carboxylic acids is 1. The molecule has 0 unspecified atom stereocenters. The maximum Gasteiger partial charge on any atom is 0.227 e. The average molecular weight is 360 g/mol. The van der Waals surface area contributed by atoms with Gasteiger partial charge in [0.2, 0.25) is 17.6 Å². The molecule has 0 fully saturated rings. The Hall–Kier alpha value is -2.73. The highest BCUT2D eigenvalue weighted by atomic mass is 35.5. The predicted octanol–water partition coefficient (Wildman–Crippen LogP) is 3.78. The Balaban J connectivity index is 1.52. The zero-order valence-electron chi connectivity index (χ0n) is 13.2. The molecule has 3 rings (SSSR count). The van der Waals surface area contributed by atoms with E-state index in [0.717, 1.165) is 5.56 Å². The van der Waals surface area contributed by atoms with Gasteiger partial charge >= 0.3 is 0 Å². The minimum atomic E-state index is -0.372. The Morgan fingerprint density at radius 2 is 2.04 bits per heavy atom. The Morgan fingerprint density at radius 1 is 1.20 bits per heavy atom. The highest BCUT2D eigenvalue weighted by molar-refractivity contribution is 6.31. The van der Waals surface area contributed by atoms with E-state index < -0.39 is 0 Å². The number of hydrogen-bond donors (Lipinski definition) is 1. The molecular formula is C18H15ClFN3O2. The van der Waals surface area contributed by atoms with Crippen molar-refractivity contribution in [3.05, 3.63) is 70.8 Å². The van der Waals surface area contributed by atoms with Crippen molar-refractivity contribution in [2.24, 2.45) is 0 Å². The number of amides is 1. The van der Waals surface area contributed by atoms with E-state index in [0.29, 0.717) is 35.3 Å². The highest BCUT2D eigenvalue weighted by Gasteiger charge is 2.11. The lowest BCUT2D eigenvalue weighted by molar-refractivity contribution is -0.121. The normalized spacial score (nSPS) is 10.6. The van der Waals surface area contributed by atoms with Crippen LogP contribution in [0.3, 0.4) is 0 Å². The number of aryl methyl sites for hydroxylation is 1. The summed E-state index contributed by atoms with van der Waals surface area (Å²) in [6.07, 6.45) is 0.506. The predicted molar refractivity (Wildman–Crippen MR) is 91.3 cm³/mol. The number of carbonyl (C=O) groups is 1. The van der Waals surface area contributed by atoms with Gasteiger partial charge in [-0.25, -0.2) is 4.39 Å². The summed E-state index contributed by atoms with van der Waals surface area (Å²) in [4.78, 5) is 16.1. The maximum atomic E-state index is 13.2. The van der Waals surface area contributed by atoms with Crippen molar-refractivity contribution in [1.82, 2.24) is 15.5 Å². The van der Waals surface area contributed by atoms with Gasteiger partial charge in [0, 0.05) is 30.0 Å². The van der Waals surface area contributed by atoms with Crippen LogP contribution < -0.4 is 5.32 Å². The fourth-order valence-electron chi connectivity index (χ4n) is 2.25. The minimum Gasteiger partial charge on any atom is -0.352 e. The third kappa shape index (κ3) is 4.64. The van der Waals surface area contributed by atoms with Crippen LogP contribution in [0.4, 0.5) is 4.39 Å². The Bertz CT molecular complexity index is 882. The van der Waals surface area contributed by atoms with E-state index >= 15 is 0 Å². The molecule has 3 aromatic rings. The molecule has 1 amide bonds. The zero-order valence-corrected chi connectivity index (χ0v) is 14.0. The fraction of sp³-hybridized carbons (Fsp3) is 0.167. The van der Waals surface area contributed by atoms with Gasteiger partial charge in [-0.3, -0.25) is 4.79 Å². The third-order valence-corrected chi connectivity index (χ3v) is 3.92. The molecule has 0 aliphatic heterocycles. The topological polar surface area (TPSA) is 68.0 Å². The van der Waals surface area contributed by atoms with Crippen LogP contribution in [0.15, 0.2) is 53.1 Å². The SMILES string of the molecule is O=C(CCc1nc(-c2cccc(F)c2)no1)NCc1ccccc1Cl. The molecule has 0 saturated heterocycles. The van der Waals surface area contributed by atoms with Gasteiger partial charge in [0.1, 0.15) is 5.82 Å². The Labute approximate surface area is 148 Å². The second-order valence-electron chi connectivity index (χ2n) is 5.39. The molecule has 7 heteroatoms. The van der Waals surface area contributed by atoms with Crippen LogP contribution in [-0.2, 0) is 17.8 Å². The summed E-state index contributed by atoms with van der Waals surface area (Å²) in [5.74, 6) is 0.103. The first kappa shape index (κ1) is 17.1. The summed E-state index contributed by atoms with van der Waals surface area (Å²) in [6, 6.07) is 13.2. The molecule has 0 radical (unpaired) electrons. The molecule has 1 heterocycles. The smallest absolute Gasteiger partial charge is 0.227 e. The number of benzene rings is 2. The maximum absolute atomic E-state index is 13.2. The van der Waals surface area contributed by atoms with E-state index in [2.05, 4.69) is 15.5 Å². The number of aromatic nitrogens is 2. The molecule has 5 nitrogen and oxygen atoms in total. The third-order valence-electron chi connectivity index (χ3n) is 3.55. The molecule has 0 atom stereocenters. The van der Waals surface area contributed by atoms with Crippen LogP contribution in [0.25, 0.3) is 11.4 Å². The van der Waals surface area contributed by atoms with Gasteiger partial charge in [-0.2, -0.15) is 4.98 Å². The van der Waals surface area contributed by atoms with Gasteiger partial charge in [0.05, 0.1) is 0 Å². The van der Waals surface area contributed by atoms with Gasteiger partial charge in [-0.05, 0) is 23.8 Å². The minimum absolute atomic E-state index is 0.148. The van der Waals surface area contributed by atoms with E-state index in [9.17, 15) is 9.18 Å². The first-order chi connectivity index (χ1) is 12.1. The van der Waals surface area contributed by atoms with Crippen molar-refractivity contribution >= 4 is 17.5 Å². The van der Waals surface area contributed by atoms with Crippen LogP contribution >= 0.6 is 11.6 Å². The first-order valence-corrected chi connectivity index (χ1v) is 8.08. The van der Waals surface area contributed by atoms with Gasteiger partial charge in [-0.15, -0.1) is 0 Å². The lowest BCUT2D eigenvalue weighted by Crippen LogP contribution is -2.23. The molecular weight excluding hydrogens is 345 g/mol. The van der Waals surface area contributed by atoms with Crippen molar-refractivity contribution < 1.29 is 13.7 Å². The van der Waals surface area contributed by atoms with E-state index in [1.54, 1.807) is 18.2 Å². The molecule has 0 saturated carbocycles. The number of halogens is 2. The molecule has 128 valence electrons. The Morgan fingerprint density at radius 3 is 2.84 bits per heavy atom. The summed E-state index contributed by atoms with van der Waals surface area (Å²) in [6.45, 7) is 0.358. The molecule has 1 N–H and O–H groups in total. The number of nitrogens with one attached hydrogen (secondary N) is 1. The summed E-state index contributed by atoms with van der Waals surface area (Å²) >= 11 is 6.04. The first-order valence-electron chi connectivity index (χ1n) is 7.70. The monoisotopic (exact) mass is 359 g/mol. The van der Waals surface area contributed by atoms with E-state index in [1.807, 2.05) is 18.2 Å². The second kappa shape index (κ2) is 7.90. The van der Waals surface area contributed by atoms with Crippen molar-refractivity contribution in [3.8, 4) is 11.4 Å². The largest absolute Gasteiger partial charge is 0.352 e. The van der Waals surface area contributed by atoms with Crippen molar-refractivity contribution in [2.45, 2.75) is 19.4 Å². The molecule has 0 aliphatic rings. The molecule has 1 aromatic heterocycles. The van der Waals surface area contributed by atoms with Gasteiger partial charge in [-0.1, -0.05) is 47.1 Å². The molecule has 0 bridgehead atoms. The van der Waals surface area contributed by atoms with Gasteiger partial charge in [0.25, 0.3) is 0 Å². The lowest BCUT2D eigenvalue weighted by Gasteiger charge is -2.05. The quantitative estimate of drug-likeness (QED) is 0.727. The summed E-state index contributed by atoms with van der Waals surface area (Å²) < 4.78 is 18.3. The van der Waals surface area contributed by atoms with E-state index in [4.69, 9.17) is 16.1 Å². The summed E-state index contributed by atoms with van der Waals surface area (Å²) in [5.41, 5.74) is 1.38. The lowest BCUT2D eigenvalue weighted by atomic mass is 10.2. The van der Waals surface area contributed by atoms with E-state index in [1.165, 1.54) is 12.1 Å². The molecule has 25 heavy (non-hydrogen) atoms.